The lowest BCUT2D eigenvalue weighted by molar-refractivity contribution is -0.427. The van der Waals surface area contributed by atoms with E-state index in [0.717, 1.165) is 25.7 Å². The number of halogens is 1. The molecule has 1 saturated carbocycles. The molecular formula is C17H22FN6O+. The lowest BCUT2D eigenvalue weighted by atomic mass is 9.91. The van der Waals surface area contributed by atoms with Crippen molar-refractivity contribution in [2.24, 2.45) is 7.05 Å². The summed E-state index contributed by atoms with van der Waals surface area (Å²) in [6.45, 7) is 0.183. The number of quaternary nitrogens is 1. The number of carbonyl (C=O) groups is 1. The van der Waals surface area contributed by atoms with Crippen LogP contribution < -0.4 is 16.4 Å². The standard InChI is InChI=1S/C17H21FN6O/c1-24-8-9(6-21-24)15-13-10(7-20-17(13)25)14(18)16(23-15)22-12-5-3-2-4-11(12)19/h6,8,11-12H,2-5,7,19H2,1H3,(H,20,25)(H,22,23)/p+1. The summed E-state index contributed by atoms with van der Waals surface area (Å²) in [5.41, 5.74) is 6.04. The van der Waals surface area contributed by atoms with Crippen molar-refractivity contribution in [1.29, 1.82) is 0 Å². The third-order valence-corrected chi connectivity index (χ3v) is 5.10. The Kier molecular flexibility index (Phi) is 3.91. The van der Waals surface area contributed by atoms with Gasteiger partial charge < -0.3 is 16.4 Å². The SMILES string of the molecule is Cn1cc(-c2nc(NC3CCCCC3[NH3+])c(F)c3c2C(=O)NC3)cn1. The van der Waals surface area contributed by atoms with Crippen LogP contribution in [-0.4, -0.2) is 32.8 Å². The Morgan fingerprint density at radius 2 is 2.20 bits per heavy atom. The second kappa shape index (κ2) is 6.11. The van der Waals surface area contributed by atoms with Gasteiger partial charge in [0.15, 0.2) is 11.6 Å². The Labute approximate surface area is 144 Å². The van der Waals surface area contributed by atoms with Crippen molar-refractivity contribution in [3.05, 3.63) is 29.3 Å². The minimum absolute atomic E-state index is 0.0978. The minimum atomic E-state index is -0.446. The number of nitrogens with zero attached hydrogens (tertiary/aromatic N) is 3. The molecule has 2 unspecified atom stereocenters. The normalized spacial score (nSPS) is 22.6. The monoisotopic (exact) mass is 345 g/mol. The predicted molar refractivity (Wildman–Crippen MR) is 90.1 cm³/mol. The van der Waals surface area contributed by atoms with Crippen LogP contribution in [0.1, 0.15) is 41.6 Å². The maximum absolute atomic E-state index is 15.0. The van der Waals surface area contributed by atoms with Crippen molar-refractivity contribution >= 4 is 11.7 Å². The molecule has 3 heterocycles. The van der Waals surface area contributed by atoms with E-state index >= 15 is 0 Å². The van der Waals surface area contributed by atoms with Crippen molar-refractivity contribution in [3.8, 4) is 11.3 Å². The highest BCUT2D eigenvalue weighted by Crippen LogP contribution is 2.33. The first-order valence-corrected chi connectivity index (χ1v) is 8.64. The van der Waals surface area contributed by atoms with Gasteiger partial charge >= 0.3 is 0 Å². The molecule has 1 aliphatic heterocycles. The zero-order chi connectivity index (χ0) is 17.6. The molecule has 2 aliphatic rings. The van der Waals surface area contributed by atoms with E-state index in [-0.39, 0.29) is 30.4 Å². The largest absolute Gasteiger partial charge is 0.359 e. The van der Waals surface area contributed by atoms with Gasteiger partial charge in [-0.05, 0) is 12.8 Å². The molecule has 1 fully saturated rings. The molecule has 132 valence electrons. The Bertz CT molecular complexity index is 833. The topological polar surface area (TPSA) is 99.5 Å². The smallest absolute Gasteiger partial charge is 0.254 e. The zero-order valence-corrected chi connectivity index (χ0v) is 14.2. The summed E-state index contributed by atoms with van der Waals surface area (Å²) >= 11 is 0. The molecule has 0 bridgehead atoms. The summed E-state index contributed by atoms with van der Waals surface area (Å²) in [5.74, 6) is -0.534. The van der Waals surface area contributed by atoms with E-state index in [0.29, 0.717) is 22.4 Å². The van der Waals surface area contributed by atoms with Gasteiger partial charge in [-0.1, -0.05) is 6.42 Å². The Balaban J connectivity index is 1.79. The molecule has 2 atom stereocenters. The van der Waals surface area contributed by atoms with Crippen LogP contribution in [0.2, 0.25) is 0 Å². The number of hydrogen-bond acceptors (Lipinski definition) is 4. The van der Waals surface area contributed by atoms with Crippen LogP contribution in [0.15, 0.2) is 12.4 Å². The molecule has 2 aromatic heterocycles. The molecule has 0 spiro atoms. The van der Waals surface area contributed by atoms with E-state index in [4.69, 9.17) is 0 Å². The number of carbonyl (C=O) groups excluding carboxylic acids is 1. The summed E-state index contributed by atoms with van der Waals surface area (Å²) in [4.78, 5) is 16.7. The van der Waals surface area contributed by atoms with Gasteiger partial charge in [0.1, 0.15) is 6.04 Å². The van der Waals surface area contributed by atoms with Gasteiger partial charge in [0.25, 0.3) is 5.91 Å². The third-order valence-electron chi connectivity index (χ3n) is 5.10. The number of fused-ring (bicyclic) bond motifs is 1. The number of hydrogen-bond donors (Lipinski definition) is 3. The van der Waals surface area contributed by atoms with Crippen molar-refractivity contribution < 1.29 is 14.9 Å². The maximum atomic E-state index is 15.0. The molecule has 4 rings (SSSR count). The Hall–Kier alpha value is -2.48. The molecule has 2 aromatic rings. The number of amides is 1. The van der Waals surface area contributed by atoms with Crippen molar-refractivity contribution in [2.75, 3.05) is 5.32 Å². The Morgan fingerprint density at radius 3 is 2.92 bits per heavy atom. The van der Waals surface area contributed by atoms with E-state index < -0.39 is 5.82 Å². The highest BCUT2D eigenvalue weighted by Gasteiger charge is 2.32. The maximum Gasteiger partial charge on any atom is 0.254 e. The second-order valence-corrected chi connectivity index (χ2v) is 6.86. The van der Waals surface area contributed by atoms with E-state index in [1.807, 2.05) is 0 Å². The lowest BCUT2D eigenvalue weighted by Gasteiger charge is -2.27. The first-order chi connectivity index (χ1) is 12.0. The lowest BCUT2D eigenvalue weighted by Crippen LogP contribution is -2.68. The first-order valence-electron chi connectivity index (χ1n) is 8.64. The van der Waals surface area contributed by atoms with Gasteiger partial charge in [-0.15, -0.1) is 0 Å². The fourth-order valence-electron chi connectivity index (χ4n) is 3.70. The fourth-order valence-corrected chi connectivity index (χ4v) is 3.70. The van der Waals surface area contributed by atoms with Crippen molar-refractivity contribution in [3.63, 3.8) is 0 Å². The first kappa shape index (κ1) is 16.0. The summed E-state index contributed by atoms with van der Waals surface area (Å²) in [5, 5.41) is 10.1. The summed E-state index contributed by atoms with van der Waals surface area (Å²) in [6, 6.07) is 0.324. The Morgan fingerprint density at radius 1 is 1.40 bits per heavy atom. The molecule has 8 heteroatoms. The number of aryl methyl sites for hydroxylation is 1. The van der Waals surface area contributed by atoms with Gasteiger partial charge in [-0.2, -0.15) is 5.10 Å². The van der Waals surface area contributed by atoms with E-state index in [2.05, 4.69) is 26.4 Å². The number of nitrogens with one attached hydrogen (secondary N) is 2. The molecule has 5 N–H and O–H groups in total. The fraction of sp³-hybridized carbons (Fsp3) is 0.471. The van der Waals surface area contributed by atoms with Gasteiger partial charge in [0, 0.05) is 37.3 Å². The molecule has 0 radical (unpaired) electrons. The summed E-state index contributed by atoms with van der Waals surface area (Å²) < 4.78 is 16.6. The molecular weight excluding hydrogens is 323 g/mol. The quantitative estimate of drug-likeness (QED) is 0.767. The van der Waals surface area contributed by atoms with Crippen molar-refractivity contribution in [1.82, 2.24) is 20.1 Å². The number of rotatable bonds is 3. The van der Waals surface area contributed by atoms with Gasteiger partial charge in [0.05, 0.1) is 23.5 Å². The molecule has 0 saturated heterocycles. The van der Waals surface area contributed by atoms with Crippen LogP contribution in [0.4, 0.5) is 10.2 Å². The number of aromatic nitrogens is 3. The molecule has 1 amide bonds. The molecule has 7 nitrogen and oxygen atoms in total. The van der Waals surface area contributed by atoms with Crippen LogP contribution >= 0.6 is 0 Å². The molecule has 1 aliphatic carbocycles. The van der Waals surface area contributed by atoms with E-state index in [1.165, 1.54) is 0 Å². The zero-order valence-electron chi connectivity index (χ0n) is 14.2. The summed E-state index contributed by atoms with van der Waals surface area (Å²) in [7, 11) is 1.79. The molecule has 0 aromatic carbocycles. The van der Waals surface area contributed by atoms with E-state index in [1.54, 1.807) is 24.1 Å². The van der Waals surface area contributed by atoms with E-state index in [9.17, 15) is 9.18 Å². The van der Waals surface area contributed by atoms with Crippen LogP contribution in [0.25, 0.3) is 11.3 Å². The average Bonchev–Trinajstić information content (AvgIpc) is 3.19. The van der Waals surface area contributed by atoms with Gasteiger partial charge in [0.2, 0.25) is 0 Å². The molecule has 25 heavy (non-hydrogen) atoms. The van der Waals surface area contributed by atoms with Crippen LogP contribution in [0, 0.1) is 5.82 Å². The predicted octanol–water partition coefficient (Wildman–Crippen LogP) is 0.830. The summed E-state index contributed by atoms with van der Waals surface area (Å²) in [6.07, 6.45) is 7.66. The number of anilines is 1. The third kappa shape index (κ3) is 2.76. The minimum Gasteiger partial charge on any atom is -0.359 e. The second-order valence-electron chi connectivity index (χ2n) is 6.86. The number of pyridine rings is 1. The van der Waals surface area contributed by atoms with Crippen molar-refractivity contribution in [2.45, 2.75) is 44.3 Å². The van der Waals surface area contributed by atoms with Gasteiger partial charge in [-0.25, -0.2) is 9.37 Å². The van der Waals surface area contributed by atoms with Crippen LogP contribution in [-0.2, 0) is 13.6 Å². The van der Waals surface area contributed by atoms with Gasteiger partial charge in [-0.3, -0.25) is 9.48 Å². The highest BCUT2D eigenvalue weighted by molar-refractivity contribution is 6.04. The van der Waals surface area contributed by atoms with Crippen LogP contribution in [0.3, 0.4) is 0 Å². The van der Waals surface area contributed by atoms with Crippen LogP contribution in [0.5, 0.6) is 0 Å². The average molecular weight is 345 g/mol. The highest BCUT2D eigenvalue weighted by atomic mass is 19.1.